The number of hydrogen-bond acceptors (Lipinski definition) is 3. The summed E-state index contributed by atoms with van der Waals surface area (Å²) in [5.74, 6) is 2.33. The van der Waals surface area contributed by atoms with E-state index in [1.54, 1.807) is 7.11 Å². The Morgan fingerprint density at radius 3 is 2.74 bits per heavy atom. The molecule has 2 aliphatic rings. The number of benzene rings is 1. The van der Waals surface area contributed by atoms with Gasteiger partial charge in [0.05, 0.1) is 13.2 Å². The first-order valence-electron chi connectivity index (χ1n) is 6.95. The fourth-order valence-electron chi connectivity index (χ4n) is 3.12. The Labute approximate surface area is 114 Å². The first-order chi connectivity index (χ1) is 8.92. The van der Waals surface area contributed by atoms with Gasteiger partial charge in [0.2, 0.25) is 0 Å². The summed E-state index contributed by atoms with van der Waals surface area (Å²) >= 11 is 0. The molecule has 3 heteroatoms. The lowest BCUT2D eigenvalue weighted by molar-refractivity contribution is 0.0726. The Morgan fingerprint density at radius 1 is 1.32 bits per heavy atom. The third-order valence-corrected chi connectivity index (χ3v) is 4.28. The molecule has 0 spiro atoms. The predicted octanol–water partition coefficient (Wildman–Crippen LogP) is 3.44. The van der Waals surface area contributed by atoms with Crippen LogP contribution in [0.25, 0.3) is 0 Å². The molecule has 1 aromatic carbocycles. The van der Waals surface area contributed by atoms with Gasteiger partial charge in [0, 0.05) is 5.56 Å². The molecule has 2 heterocycles. The summed E-state index contributed by atoms with van der Waals surface area (Å²) in [6, 6.07) is 4.21. The molecule has 0 bridgehead atoms. The van der Waals surface area contributed by atoms with Gasteiger partial charge < -0.3 is 14.2 Å². The van der Waals surface area contributed by atoms with Gasteiger partial charge in [-0.3, -0.25) is 0 Å². The van der Waals surface area contributed by atoms with Gasteiger partial charge in [-0.15, -0.1) is 0 Å². The molecular weight excluding hydrogens is 240 g/mol. The van der Waals surface area contributed by atoms with Crippen LogP contribution in [0, 0.1) is 6.92 Å². The second kappa shape index (κ2) is 4.14. The van der Waals surface area contributed by atoms with E-state index in [1.807, 2.05) is 0 Å². The fourth-order valence-corrected chi connectivity index (χ4v) is 3.12. The third kappa shape index (κ3) is 2.10. The molecule has 0 radical (unpaired) electrons. The summed E-state index contributed by atoms with van der Waals surface area (Å²) in [6.07, 6.45) is 1.62. The second-order valence-electron chi connectivity index (χ2n) is 6.30. The number of methoxy groups -OCH3 is 1. The Balaban J connectivity index is 2.06. The Kier molecular flexibility index (Phi) is 2.79. The number of ether oxygens (including phenoxy) is 3. The minimum absolute atomic E-state index is 0.227. The van der Waals surface area contributed by atoms with Gasteiger partial charge in [-0.05, 0) is 50.8 Å². The van der Waals surface area contributed by atoms with Crippen molar-refractivity contribution < 1.29 is 14.2 Å². The van der Waals surface area contributed by atoms with Gasteiger partial charge in [-0.1, -0.05) is 6.92 Å². The number of aryl methyl sites for hydroxylation is 1. The van der Waals surface area contributed by atoms with E-state index in [1.165, 1.54) is 5.56 Å². The molecule has 0 amide bonds. The summed E-state index contributed by atoms with van der Waals surface area (Å²) < 4.78 is 17.5. The number of fused-ring (bicyclic) bond motifs is 2. The molecule has 3 rings (SSSR count). The largest absolute Gasteiger partial charge is 0.496 e. The lowest BCUT2D eigenvalue weighted by Crippen LogP contribution is -2.37. The summed E-state index contributed by atoms with van der Waals surface area (Å²) in [5, 5.41) is 0. The Bertz CT molecular complexity index is 507. The zero-order valence-electron chi connectivity index (χ0n) is 12.3. The van der Waals surface area contributed by atoms with E-state index in [2.05, 4.69) is 39.8 Å². The van der Waals surface area contributed by atoms with Crippen LogP contribution in [0.1, 0.15) is 44.2 Å². The minimum atomic E-state index is -0.263. The maximum atomic E-state index is 6.25. The van der Waals surface area contributed by atoms with Crippen LogP contribution in [0.4, 0.5) is 0 Å². The topological polar surface area (TPSA) is 31.0 Å². The van der Waals surface area contributed by atoms with Gasteiger partial charge in [0.25, 0.3) is 0 Å². The molecule has 1 fully saturated rings. The number of epoxide rings is 1. The van der Waals surface area contributed by atoms with Crippen LogP contribution in [-0.2, 0) is 4.74 Å². The van der Waals surface area contributed by atoms with E-state index in [0.717, 1.165) is 23.5 Å². The molecule has 19 heavy (non-hydrogen) atoms. The first kappa shape index (κ1) is 12.8. The lowest BCUT2D eigenvalue weighted by Gasteiger charge is -2.30. The molecule has 2 aliphatic heterocycles. The molecule has 0 unspecified atom stereocenters. The van der Waals surface area contributed by atoms with Crippen molar-refractivity contribution in [1.82, 2.24) is 0 Å². The highest BCUT2D eigenvalue weighted by atomic mass is 16.6. The van der Waals surface area contributed by atoms with E-state index in [9.17, 15) is 0 Å². The van der Waals surface area contributed by atoms with Crippen LogP contribution in [-0.4, -0.2) is 24.9 Å². The second-order valence-corrected chi connectivity index (χ2v) is 6.30. The van der Waals surface area contributed by atoms with Crippen molar-refractivity contribution >= 4 is 0 Å². The predicted molar refractivity (Wildman–Crippen MR) is 74.1 cm³/mol. The van der Waals surface area contributed by atoms with Gasteiger partial charge in [-0.2, -0.15) is 0 Å². The zero-order valence-corrected chi connectivity index (χ0v) is 12.3. The summed E-state index contributed by atoms with van der Waals surface area (Å²) in [5.41, 5.74) is 2.07. The highest BCUT2D eigenvalue weighted by Crippen LogP contribution is 2.46. The van der Waals surface area contributed by atoms with Crippen molar-refractivity contribution in [3.8, 4) is 11.5 Å². The summed E-state index contributed by atoms with van der Waals surface area (Å²) in [6.45, 7) is 8.50. The zero-order chi connectivity index (χ0) is 13.8. The molecular formula is C16H22O3. The third-order valence-electron chi connectivity index (χ3n) is 4.28. The monoisotopic (exact) mass is 262 g/mol. The van der Waals surface area contributed by atoms with E-state index < -0.39 is 0 Å². The molecule has 1 saturated heterocycles. The first-order valence-corrected chi connectivity index (χ1v) is 6.95. The normalized spacial score (nSPS) is 31.3. The van der Waals surface area contributed by atoms with Gasteiger partial charge >= 0.3 is 0 Å². The molecule has 0 N–H and O–H groups in total. The Morgan fingerprint density at radius 2 is 2.05 bits per heavy atom. The van der Waals surface area contributed by atoms with E-state index in [0.29, 0.717) is 12.0 Å². The average Bonchev–Trinajstić information content (AvgIpc) is 3.07. The lowest BCUT2D eigenvalue weighted by atomic mass is 9.88. The van der Waals surface area contributed by atoms with Gasteiger partial charge in [-0.25, -0.2) is 0 Å². The standard InChI is InChI=1S/C16H22O3/c1-9-6-14-15(18-14)16(3,4)19-13-7-10(2)12(17-5)8-11(9)13/h7-9,14-15H,6H2,1-5H3/t9-,14+,15+/m1/s1. The van der Waals surface area contributed by atoms with Crippen LogP contribution in [0.3, 0.4) is 0 Å². The van der Waals surface area contributed by atoms with Crippen molar-refractivity contribution in [1.29, 1.82) is 0 Å². The van der Waals surface area contributed by atoms with Gasteiger partial charge in [0.15, 0.2) is 0 Å². The number of hydrogen-bond donors (Lipinski definition) is 0. The van der Waals surface area contributed by atoms with Gasteiger partial charge in [0.1, 0.15) is 23.2 Å². The summed E-state index contributed by atoms with van der Waals surface area (Å²) in [4.78, 5) is 0. The molecule has 104 valence electrons. The molecule has 3 nitrogen and oxygen atoms in total. The van der Waals surface area contributed by atoms with Crippen LogP contribution >= 0.6 is 0 Å². The molecule has 0 aliphatic carbocycles. The van der Waals surface area contributed by atoms with Crippen LogP contribution in [0.5, 0.6) is 11.5 Å². The van der Waals surface area contributed by atoms with Crippen molar-refractivity contribution in [3.63, 3.8) is 0 Å². The van der Waals surface area contributed by atoms with Crippen molar-refractivity contribution in [2.24, 2.45) is 0 Å². The molecule has 3 atom stereocenters. The number of rotatable bonds is 1. The maximum absolute atomic E-state index is 6.25. The average molecular weight is 262 g/mol. The van der Waals surface area contributed by atoms with Crippen molar-refractivity contribution in [2.45, 2.75) is 57.8 Å². The molecule has 0 saturated carbocycles. The quantitative estimate of drug-likeness (QED) is 0.726. The smallest absolute Gasteiger partial charge is 0.132 e. The van der Waals surface area contributed by atoms with Crippen LogP contribution < -0.4 is 9.47 Å². The molecule has 0 aromatic heterocycles. The fraction of sp³-hybridized carbons (Fsp3) is 0.625. The van der Waals surface area contributed by atoms with E-state index in [4.69, 9.17) is 14.2 Å². The maximum Gasteiger partial charge on any atom is 0.132 e. The highest BCUT2D eigenvalue weighted by Gasteiger charge is 2.53. The van der Waals surface area contributed by atoms with E-state index in [-0.39, 0.29) is 11.7 Å². The van der Waals surface area contributed by atoms with Crippen LogP contribution in [0.15, 0.2) is 12.1 Å². The van der Waals surface area contributed by atoms with E-state index >= 15 is 0 Å². The molecule has 1 aromatic rings. The van der Waals surface area contributed by atoms with Crippen molar-refractivity contribution in [3.05, 3.63) is 23.3 Å². The minimum Gasteiger partial charge on any atom is -0.496 e. The SMILES string of the molecule is COc1cc2c(cc1C)OC(C)(C)[C@H]1O[C@H]1C[C@H]2C. The summed E-state index contributed by atoms with van der Waals surface area (Å²) in [7, 11) is 1.72. The van der Waals surface area contributed by atoms with Crippen molar-refractivity contribution in [2.75, 3.05) is 7.11 Å². The highest BCUT2D eigenvalue weighted by molar-refractivity contribution is 5.48. The Hall–Kier alpha value is -1.22. The van der Waals surface area contributed by atoms with Crippen LogP contribution in [0.2, 0.25) is 0 Å².